The number of hydrogen-bond donors (Lipinski definition) is 0. The van der Waals surface area contributed by atoms with E-state index in [1.807, 2.05) is 0 Å². The molecule has 0 aliphatic rings. The van der Waals surface area contributed by atoms with E-state index in [2.05, 4.69) is 0 Å². The topological polar surface area (TPSA) is 114 Å². The zero-order valence-electron chi connectivity index (χ0n) is 3.20. The van der Waals surface area contributed by atoms with Gasteiger partial charge in [-0.1, -0.05) is 0 Å². The van der Waals surface area contributed by atoms with Crippen LogP contribution in [-0.4, -0.2) is 34.9 Å². The first-order valence-corrected chi connectivity index (χ1v) is 2.00. The minimum atomic E-state index is -5.17. The van der Waals surface area contributed by atoms with Gasteiger partial charge >= 0.3 is 17.4 Å². The van der Waals surface area contributed by atoms with Crippen molar-refractivity contribution < 1.29 is 17.5 Å². The minimum Gasteiger partial charge on any atom is -0.759 e. The summed E-state index contributed by atoms with van der Waals surface area (Å²) < 4.78 is 34.1. The third-order valence-corrected chi connectivity index (χ3v) is 0. The fourth-order valence-corrected chi connectivity index (χ4v) is 0. The molecule has 5 nitrogen and oxygen atoms in total. The summed E-state index contributed by atoms with van der Waals surface area (Å²) in [6, 6.07) is 0. The molecular formula is H2AlNO4S. The predicted octanol–water partition coefficient (Wildman–Crippen LogP) is -1.00. The molecular weight excluding hydrogens is 137 g/mol. The molecule has 0 rings (SSSR count). The van der Waals surface area contributed by atoms with Crippen LogP contribution in [-0.2, 0) is 10.4 Å². The van der Waals surface area contributed by atoms with Crippen LogP contribution in [0.3, 0.4) is 0 Å². The number of hydrogen-bond acceptors (Lipinski definition) is 4. The van der Waals surface area contributed by atoms with Crippen LogP contribution in [0.1, 0.15) is 0 Å². The van der Waals surface area contributed by atoms with E-state index in [1.165, 1.54) is 0 Å². The fraction of sp³-hybridized carbons (Fsp3) is 0. The third kappa shape index (κ3) is 922. The normalized spacial score (nSPS) is 8.29. The van der Waals surface area contributed by atoms with Crippen molar-refractivity contribution in [2.24, 2.45) is 0 Å². The molecule has 0 saturated heterocycles. The minimum absolute atomic E-state index is 0. The summed E-state index contributed by atoms with van der Waals surface area (Å²) in [6.45, 7) is 0. The van der Waals surface area contributed by atoms with Crippen molar-refractivity contribution >= 4 is 27.8 Å². The first kappa shape index (κ1) is 15.7. The maximum absolute atomic E-state index is 8.52. The average molecular weight is 139 g/mol. The molecule has 7 heteroatoms. The first-order chi connectivity index (χ1) is 2.00. The molecule has 0 bridgehead atoms. The number of rotatable bonds is 0. The van der Waals surface area contributed by atoms with Crippen LogP contribution in [0.25, 0.3) is 6.15 Å². The molecule has 7 heavy (non-hydrogen) atoms. The Morgan fingerprint density at radius 2 is 1.14 bits per heavy atom. The zero-order chi connectivity index (χ0) is 4.50. The van der Waals surface area contributed by atoms with Gasteiger partial charge in [-0.2, -0.15) is 0 Å². The molecule has 0 atom stereocenters. The summed E-state index contributed by atoms with van der Waals surface area (Å²) in [6.07, 6.45) is 0. The summed E-state index contributed by atoms with van der Waals surface area (Å²) in [5.74, 6) is 0. The molecule has 0 aromatic rings. The van der Waals surface area contributed by atoms with Gasteiger partial charge in [-0.3, -0.25) is 8.42 Å². The van der Waals surface area contributed by atoms with Crippen molar-refractivity contribution in [1.82, 2.24) is 0 Å². The van der Waals surface area contributed by atoms with Gasteiger partial charge in [-0.05, 0) is 0 Å². The van der Waals surface area contributed by atoms with E-state index in [9.17, 15) is 0 Å². The van der Waals surface area contributed by atoms with Crippen LogP contribution in [0.5, 0.6) is 0 Å². The van der Waals surface area contributed by atoms with Crippen LogP contribution < -0.4 is 0 Å². The van der Waals surface area contributed by atoms with Crippen molar-refractivity contribution in [3.63, 3.8) is 0 Å². The molecule has 0 saturated carbocycles. The average Bonchev–Trinajstić information content (AvgIpc) is 0.722. The van der Waals surface area contributed by atoms with Crippen LogP contribution in [0.2, 0.25) is 0 Å². The van der Waals surface area contributed by atoms with Gasteiger partial charge in [0.15, 0.2) is 0 Å². The molecule has 0 aromatic heterocycles. The van der Waals surface area contributed by atoms with Crippen molar-refractivity contribution in [3.05, 3.63) is 6.15 Å². The van der Waals surface area contributed by atoms with Crippen LogP contribution in [0.4, 0.5) is 0 Å². The van der Waals surface area contributed by atoms with Crippen molar-refractivity contribution in [1.29, 1.82) is 0 Å². The summed E-state index contributed by atoms with van der Waals surface area (Å²) in [5, 5.41) is 0. The van der Waals surface area contributed by atoms with Gasteiger partial charge in [0.25, 0.3) is 0 Å². The molecule has 0 spiro atoms. The van der Waals surface area contributed by atoms with E-state index in [1.54, 1.807) is 0 Å². The van der Waals surface area contributed by atoms with E-state index in [0.29, 0.717) is 0 Å². The van der Waals surface area contributed by atoms with Gasteiger partial charge in [-0.25, -0.2) is 0 Å². The molecule has 0 aliphatic heterocycles. The Labute approximate surface area is 52.0 Å². The smallest absolute Gasteiger partial charge is 0.759 e. The fourth-order valence-electron chi connectivity index (χ4n) is 0. The van der Waals surface area contributed by atoms with Crippen LogP contribution in [0, 0.1) is 0 Å². The van der Waals surface area contributed by atoms with E-state index >= 15 is 0 Å². The Morgan fingerprint density at radius 3 is 1.14 bits per heavy atom. The Balaban J connectivity index is -0.0000000800. The van der Waals surface area contributed by atoms with Crippen molar-refractivity contribution in [2.75, 3.05) is 0 Å². The van der Waals surface area contributed by atoms with E-state index in [-0.39, 0.29) is 23.5 Å². The Hall–Kier alpha value is 0.362. The third-order valence-electron chi connectivity index (χ3n) is 0. The maximum Gasteiger partial charge on any atom is 3.00 e. The van der Waals surface area contributed by atoms with Crippen molar-refractivity contribution in [2.45, 2.75) is 0 Å². The molecule has 0 amide bonds. The molecule has 40 valence electrons. The van der Waals surface area contributed by atoms with Crippen molar-refractivity contribution in [3.8, 4) is 0 Å². The van der Waals surface area contributed by atoms with Gasteiger partial charge in [0.05, 0.1) is 0 Å². The van der Waals surface area contributed by atoms with Gasteiger partial charge in [0.1, 0.15) is 0 Å². The summed E-state index contributed by atoms with van der Waals surface area (Å²) in [5.41, 5.74) is 0. The van der Waals surface area contributed by atoms with Crippen LogP contribution in [0.15, 0.2) is 0 Å². The van der Waals surface area contributed by atoms with Gasteiger partial charge in [-0.15, -0.1) is 0 Å². The molecule has 0 radical (unpaired) electrons. The molecule has 0 aromatic carbocycles. The summed E-state index contributed by atoms with van der Waals surface area (Å²) >= 11 is 0. The van der Waals surface area contributed by atoms with E-state index in [0.717, 1.165) is 0 Å². The Bertz CT molecular complexity index is 94.9. The second-order valence-electron chi connectivity index (χ2n) is 0.408. The van der Waals surface area contributed by atoms with Gasteiger partial charge in [0.2, 0.25) is 0 Å². The summed E-state index contributed by atoms with van der Waals surface area (Å²) in [4.78, 5) is 0. The Morgan fingerprint density at radius 1 is 1.14 bits per heavy atom. The standard InChI is InChI=1S/Al.H2N.H2O4S/c;;1-5(2,3)4/h;1H2;(H2,1,2,3,4)/q+3;-1;/p-2. The second kappa shape index (κ2) is 4.52. The quantitative estimate of drug-likeness (QED) is 0.243. The van der Waals surface area contributed by atoms with Gasteiger partial charge in [0, 0.05) is 10.4 Å². The van der Waals surface area contributed by atoms with E-state index < -0.39 is 10.4 Å². The largest absolute Gasteiger partial charge is 3.00 e. The zero-order valence-corrected chi connectivity index (χ0v) is 5.17. The molecule has 0 heterocycles. The van der Waals surface area contributed by atoms with E-state index in [4.69, 9.17) is 17.5 Å². The van der Waals surface area contributed by atoms with Crippen LogP contribution >= 0.6 is 0 Å². The Kier molecular flexibility index (Phi) is 10.1. The first-order valence-electron chi connectivity index (χ1n) is 0.667. The SMILES string of the molecule is O=S(=O)([O-])[O-].[Al+3].[NH2-]. The summed E-state index contributed by atoms with van der Waals surface area (Å²) in [7, 11) is -5.17. The predicted molar refractivity (Wildman–Crippen MR) is 21.5 cm³/mol. The molecule has 2 N–H and O–H groups in total. The molecule has 0 aliphatic carbocycles. The second-order valence-corrected chi connectivity index (χ2v) is 1.22. The monoisotopic (exact) mass is 139 g/mol. The molecule has 0 unspecified atom stereocenters. The maximum atomic E-state index is 8.52. The van der Waals surface area contributed by atoms with Gasteiger partial charge < -0.3 is 15.3 Å². The molecule has 0 fully saturated rings. The number of nitrogens with two attached hydrogens (primary N) is 1.